The SMILES string of the molecule is CC1OCCC1Nc1ccc(OC(F)(F)F)c(Br)c1. The Hall–Kier alpha value is -0.950. The van der Waals surface area contributed by atoms with Gasteiger partial charge in [0.25, 0.3) is 0 Å². The Morgan fingerprint density at radius 3 is 2.68 bits per heavy atom. The topological polar surface area (TPSA) is 30.5 Å². The number of hydrogen-bond acceptors (Lipinski definition) is 3. The maximum atomic E-state index is 12.1. The Morgan fingerprint density at radius 2 is 2.16 bits per heavy atom. The van der Waals surface area contributed by atoms with Crippen molar-refractivity contribution in [2.24, 2.45) is 0 Å². The summed E-state index contributed by atoms with van der Waals surface area (Å²) in [5, 5.41) is 3.23. The zero-order valence-electron chi connectivity index (χ0n) is 10.1. The molecule has 0 saturated carbocycles. The standard InChI is InChI=1S/C12H13BrF3NO2/c1-7-10(4-5-18-7)17-8-2-3-11(9(13)6-8)19-12(14,15)16/h2-3,6-7,10,17H,4-5H2,1H3. The van der Waals surface area contributed by atoms with Gasteiger partial charge in [0, 0.05) is 12.3 Å². The zero-order valence-corrected chi connectivity index (χ0v) is 11.7. The van der Waals surface area contributed by atoms with E-state index >= 15 is 0 Å². The summed E-state index contributed by atoms with van der Waals surface area (Å²) in [6, 6.07) is 4.56. The van der Waals surface area contributed by atoms with Crippen LogP contribution in [0.4, 0.5) is 18.9 Å². The summed E-state index contributed by atoms with van der Waals surface area (Å²) in [6.45, 7) is 2.65. The van der Waals surface area contributed by atoms with Crippen molar-refractivity contribution in [1.82, 2.24) is 0 Å². The molecule has 0 amide bonds. The average Bonchev–Trinajstić information content (AvgIpc) is 2.67. The highest BCUT2D eigenvalue weighted by atomic mass is 79.9. The second kappa shape index (κ2) is 5.58. The molecule has 7 heteroatoms. The van der Waals surface area contributed by atoms with Gasteiger partial charge in [-0.3, -0.25) is 0 Å². The van der Waals surface area contributed by atoms with Crippen LogP contribution in [-0.4, -0.2) is 25.1 Å². The molecule has 3 nitrogen and oxygen atoms in total. The molecule has 1 saturated heterocycles. The summed E-state index contributed by atoms with van der Waals surface area (Å²) in [7, 11) is 0. The lowest BCUT2D eigenvalue weighted by Gasteiger charge is -2.18. The van der Waals surface area contributed by atoms with Gasteiger partial charge in [-0.2, -0.15) is 0 Å². The lowest BCUT2D eigenvalue weighted by Crippen LogP contribution is -2.26. The van der Waals surface area contributed by atoms with E-state index in [2.05, 4.69) is 26.0 Å². The molecule has 0 aromatic heterocycles. The number of hydrogen-bond donors (Lipinski definition) is 1. The van der Waals surface area contributed by atoms with Gasteiger partial charge in [0.2, 0.25) is 0 Å². The van der Waals surface area contributed by atoms with Crippen LogP contribution >= 0.6 is 15.9 Å². The maximum Gasteiger partial charge on any atom is 0.573 e. The molecule has 0 radical (unpaired) electrons. The normalized spacial score (nSPS) is 23.4. The predicted octanol–water partition coefficient (Wildman–Crippen LogP) is 3.94. The third-order valence-electron chi connectivity index (χ3n) is 2.89. The maximum absolute atomic E-state index is 12.1. The largest absolute Gasteiger partial charge is 0.573 e. The second-order valence-electron chi connectivity index (χ2n) is 4.31. The van der Waals surface area contributed by atoms with Gasteiger partial charge in [0.05, 0.1) is 16.6 Å². The van der Waals surface area contributed by atoms with E-state index in [9.17, 15) is 13.2 Å². The van der Waals surface area contributed by atoms with Crippen molar-refractivity contribution in [3.05, 3.63) is 22.7 Å². The highest BCUT2D eigenvalue weighted by molar-refractivity contribution is 9.10. The first-order chi connectivity index (χ1) is 8.85. The van der Waals surface area contributed by atoms with Crippen LogP contribution in [0, 0.1) is 0 Å². The van der Waals surface area contributed by atoms with E-state index in [4.69, 9.17) is 4.74 Å². The third-order valence-corrected chi connectivity index (χ3v) is 3.51. The fourth-order valence-electron chi connectivity index (χ4n) is 1.93. The minimum Gasteiger partial charge on any atom is -0.405 e. The Kier molecular flexibility index (Phi) is 4.25. The quantitative estimate of drug-likeness (QED) is 0.904. The number of ether oxygens (including phenoxy) is 2. The Bertz CT molecular complexity index is 453. The number of nitrogens with one attached hydrogen (secondary N) is 1. The summed E-state index contributed by atoms with van der Waals surface area (Å²) in [5.41, 5.74) is 0.726. The lowest BCUT2D eigenvalue weighted by molar-refractivity contribution is -0.274. The van der Waals surface area contributed by atoms with E-state index in [1.807, 2.05) is 6.92 Å². The summed E-state index contributed by atoms with van der Waals surface area (Å²) in [4.78, 5) is 0. The number of alkyl halides is 3. The number of anilines is 1. The molecular weight excluding hydrogens is 327 g/mol. The second-order valence-corrected chi connectivity index (χ2v) is 5.16. The monoisotopic (exact) mass is 339 g/mol. The highest BCUT2D eigenvalue weighted by Gasteiger charge is 2.32. The molecule has 0 bridgehead atoms. The molecule has 1 N–H and O–H groups in total. The summed E-state index contributed by atoms with van der Waals surface area (Å²) in [5.74, 6) is -0.256. The van der Waals surface area contributed by atoms with Crippen molar-refractivity contribution in [2.45, 2.75) is 31.9 Å². The van der Waals surface area contributed by atoms with Gasteiger partial charge in [0.15, 0.2) is 0 Å². The molecule has 1 aromatic carbocycles. The van der Waals surface area contributed by atoms with Crippen LogP contribution in [0.3, 0.4) is 0 Å². The van der Waals surface area contributed by atoms with Gasteiger partial charge in [-0.1, -0.05) is 0 Å². The van der Waals surface area contributed by atoms with Crippen molar-refractivity contribution < 1.29 is 22.6 Å². The smallest absolute Gasteiger partial charge is 0.405 e. The molecule has 106 valence electrons. The van der Waals surface area contributed by atoms with E-state index in [-0.39, 0.29) is 22.4 Å². The van der Waals surface area contributed by atoms with E-state index in [0.717, 1.165) is 12.1 Å². The van der Waals surface area contributed by atoms with E-state index in [1.54, 1.807) is 12.1 Å². The number of halogens is 4. The van der Waals surface area contributed by atoms with Crippen molar-refractivity contribution in [1.29, 1.82) is 0 Å². The van der Waals surface area contributed by atoms with Gasteiger partial charge in [0.1, 0.15) is 5.75 Å². The number of rotatable bonds is 3. The van der Waals surface area contributed by atoms with Crippen molar-refractivity contribution >= 4 is 21.6 Å². The Morgan fingerprint density at radius 1 is 1.42 bits per heavy atom. The first-order valence-corrected chi connectivity index (χ1v) is 6.58. The van der Waals surface area contributed by atoms with Crippen LogP contribution in [0.1, 0.15) is 13.3 Å². The average molecular weight is 340 g/mol. The highest BCUT2D eigenvalue weighted by Crippen LogP contribution is 2.33. The molecule has 2 unspecified atom stereocenters. The molecule has 2 rings (SSSR count). The zero-order chi connectivity index (χ0) is 14.0. The van der Waals surface area contributed by atoms with Gasteiger partial charge >= 0.3 is 6.36 Å². The minimum atomic E-state index is -4.69. The van der Waals surface area contributed by atoms with Crippen molar-refractivity contribution in [2.75, 3.05) is 11.9 Å². The third kappa shape index (κ3) is 4.01. The molecule has 19 heavy (non-hydrogen) atoms. The molecule has 1 aliphatic rings. The van der Waals surface area contributed by atoms with Crippen LogP contribution in [0.2, 0.25) is 0 Å². The Balaban J connectivity index is 2.06. The van der Waals surface area contributed by atoms with Crippen molar-refractivity contribution in [3.8, 4) is 5.75 Å². The summed E-state index contributed by atoms with van der Waals surface area (Å²) >= 11 is 3.07. The molecular formula is C12H13BrF3NO2. The predicted molar refractivity (Wildman–Crippen MR) is 68.3 cm³/mol. The first-order valence-electron chi connectivity index (χ1n) is 5.78. The molecule has 0 spiro atoms. The minimum absolute atomic E-state index is 0.0878. The van der Waals surface area contributed by atoms with Crippen molar-refractivity contribution in [3.63, 3.8) is 0 Å². The van der Waals surface area contributed by atoms with E-state index in [1.165, 1.54) is 6.07 Å². The van der Waals surface area contributed by atoms with E-state index < -0.39 is 6.36 Å². The first kappa shape index (κ1) is 14.5. The molecule has 1 aromatic rings. The van der Waals surface area contributed by atoms with Gasteiger partial charge in [-0.25, -0.2) is 0 Å². The lowest BCUT2D eigenvalue weighted by atomic mass is 10.1. The van der Waals surface area contributed by atoms with Crippen LogP contribution < -0.4 is 10.1 Å². The van der Waals surface area contributed by atoms with Gasteiger partial charge in [-0.15, -0.1) is 13.2 Å². The fraction of sp³-hybridized carbons (Fsp3) is 0.500. The molecule has 1 fully saturated rings. The molecule has 1 heterocycles. The fourth-order valence-corrected chi connectivity index (χ4v) is 2.39. The molecule has 0 aliphatic carbocycles. The number of benzene rings is 1. The van der Waals surface area contributed by atoms with Crippen LogP contribution in [-0.2, 0) is 4.74 Å². The van der Waals surface area contributed by atoms with Crippen LogP contribution in [0.15, 0.2) is 22.7 Å². The van der Waals surface area contributed by atoms with Crippen LogP contribution in [0.25, 0.3) is 0 Å². The van der Waals surface area contributed by atoms with E-state index in [0.29, 0.717) is 6.61 Å². The van der Waals surface area contributed by atoms with Crippen LogP contribution in [0.5, 0.6) is 5.75 Å². The molecule has 1 aliphatic heterocycles. The Labute approximate surface area is 117 Å². The van der Waals surface area contributed by atoms with Gasteiger partial charge in [-0.05, 0) is 47.5 Å². The summed E-state index contributed by atoms with van der Waals surface area (Å²) in [6.07, 6.45) is -3.73. The van der Waals surface area contributed by atoms with Gasteiger partial charge < -0.3 is 14.8 Å². The summed E-state index contributed by atoms with van der Waals surface area (Å²) < 4.78 is 45.9. The molecule has 2 atom stereocenters.